The Bertz CT molecular complexity index is 213. The van der Waals surface area contributed by atoms with Gasteiger partial charge in [0.2, 0.25) is 0 Å². The first-order chi connectivity index (χ1) is 5.46. The quantitative estimate of drug-likeness (QED) is 0.236. The average Bonchev–Trinajstić information content (AvgIpc) is 1.50. The molecule has 0 fully saturated rings. The summed E-state index contributed by atoms with van der Waals surface area (Å²) in [6.07, 6.45) is 0. The van der Waals surface area contributed by atoms with Crippen molar-refractivity contribution in [3.63, 3.8) is 0 Å². The molecule has 0 aliphatic carbocycles. The molecule has 0 saturated heterocycles. The van der Waals surface area contributed by atoms with Gasteiger partial charge in [-0.3, -0.25) is 9.11 Å². The number of rotatable bonds is 0. The van der Waals surface area contributed by atoms with Gasteiger partial charge in [0.1, 0.15) is 0 Å². The van der Waals surface area contributed by atoms with Crippen molar-refractivity contribution < 1.29 is 44.8 Å². The maximum atomic E-state index is 8.74. The van der Waals surface area contributed by atoms with E-state index in [9.17, 15) is 0 Å². The van der Waals surface area contributed by atoms with E-state index in [1.807, 2.05) is 0 Å². The van der Waals surface area contributed by atoms with Crippen LogP contribution in [0.15, 0.2) is 0 Å². The Morgan fingerprint density at radius 2 is 0.857 bits per heavy atom. The molecule has 0 aromatic carbocycles. The Kier molecular flexibility index (Phi) is 19.4. The number of hydrogen-bond acceptors (Lipinski definition) is 8. The van der Waals surface area contributed by atoms with E-state index in [1.165, 1.54) is 0 Å². The van der Waals surface area contributed by atoms with Gasteiger partial charge in [0.15, 0.2) is 0 Å². The van der Waals surface area contributed by atoms with Gasteiger partial charge in [0.25, 0.3) is 0 Å². The molecule has 0 aliphatic rings. The van der Waals surface area contributed by atoms with E-state index < -0.39 is 20.6 Å². The molecule has 0 aliphatic heterocycles. The zero-order valence-corrected chi connectivity index (χ0v) is 7.52. The molecule has 0 atom stereocenters. The first-order valence-corrected chi connectivity index (χ1v) is 3.19. The Morgan fingerprint density at radius 3 is 0.857 bits per heavy atom. The van der Waals surface area contributed by atoms with Crippen LogP contribution in [-0.4, -0.2) is 27.7 Å². The van der Waals surface area contributed by atoms with Gasteiger partial charge >= 0.3 is 10.4 Å². The third-order valence-electron chi connectivity index (χ3n) is 0. The topological polar surface area (TPSA) is 207 Å². The summed E-state index contributed by atoms with van der Waals surface area (Å²) in [5, 5.41) is 29.5. The van der Waals surface area contributed by atoms with Gasteiger partial charge in [-0.25, -0.2) is 0 Å². The fraction of sp³-hybridized carbons (Fsp3) is 0. The summed E-state index contributed by atoms with van der Waals surface area (Å²) < 4.78 is 31.6. The fourth-order valence-electron chi connectivity index (χ4n) is 0. The summed E-state index contributed by atoms with van der Waals surface area (Å²) in [4.78, 5) is 16.5. The summed E-state index contributed by atoms with van der Waals surface area (Å²) in [6.45, 7) is 0. The molecule has 0 aromatic heterocycles. The summed E-state index contributed by atoms with van der Waals surface area (Å²) in [5.74, 6) is 0. The maximum Gasteiger partial charge on any atom is 0.394 e. The van der Waals surface area contributed by atoms with Crippen LogP contribution in [0.2, 0.25) is 0 Å². The van der Waals surface area contributed by atoms with Crippen molar-refractivity contribution in [2.24, 2.45) is 0 Å². The van der Waals surface area contributed by atoms with Gasteiger partial charge < -0.3 is 30.6 Å². The predicted molar refractivity (Wildman–Crippen MR) is 34.9 cm³/mol. The number of nitrogens with zero attached hydrogens (tertiary/aromatic N) is 2. The molecule has 0 heterocycles. The molecule has 2 N–H and O–H groups in total. The molecule has 12 nitrogen and oxygen atoms in total. The second-order valence-corrected chi connectivity index (χ2v) is 1.79. The van der Waals surface area contributed by atoms with Crippen LogP contribution >= 0.6 is 0 Å². The molecule has 14 heteroatoms. The van der Waals surface area contributed by atoms with Gasteiger partial charge in [0.05, 0.1) is 10.2 Å². The van der Waals surface area contributed by atoms with Crippen LogP contribution in [0.4, 0.5) is 0 Å². The van der Waals surface area contributed by atoms with Crippen LogP contribution in [0.3, 0.4) is 0 Å². The van der Waals surface area contributed by atoms with Gasteiger partial charge in [-0.1, -0.05) is 0 Å². The van der Waals surface area contributed by atoms with Crippen molar-refractivity contribution in [3.05, 3.63) is 30.6 Å². The fourth-order valence-corrected chi connectivity index (χ4v) is 0. The zero-order chi connectivity index (χ0) is 11.7. The molecule has 0 rings (SSSR count). The molecule has 14 heavy (non-hydrogen) atoms. The van der Waals surface area contributed by atoms with E-state index in [4.69, 9.17) is 48.2 Å². The molecule has 0 bridgehead atoms. The Hall–Kier alpha value is -1.21. The summed E-state index contributed by atoms with van der Waals surface area (Å²) >= 11 is 0. The second-order valence-electron chi connectivity index (χ2n) is 0.895. The molecule has 0 unspecified atom stereocenters. The predicted octanol–water partition coefficient (Wildman–Crippen LogP) is -1.13. The molecule has 0 amide bonds. The average molecular weight is 286 g/mol. The van der Waals surface area contributed by atoms with E-state index in [0.717, 1.165) is 0 Å². The molecule has 91 valence electrons. The van der Waals surface area contributed by atoms with Crippen molar-refractivity contribution in [1.82, 2.24) is 0 Å². The van der Waals surface area contributed by atoms with Crippen LogP contribution in [0.1, 0.15) is 0 Å². The Morgan fingerprint density at radius 1 is 0.857 bits per heavy atom. The Balaban J connectivity index is -0.0000000522. The Labute approximate surface area is 86.4 Å². The first-order valence-electron chi connectivity index (χ1n) is 1.79. The third-order valence-corrected chi connectivity index (χ3v) is 0. The van der Waals surface area contributed by atoms with Crippen molar-refractivity contribution in [2.45, 2.75) is 0 Å². The maximum absolute atomic E-state index is 8.74. The van der Waals surface area contributed by atoms with E-state index in [0.29, 0.717) is 0 Å². The molecular formula is H2CuN2O10S-2. The summed E-state index contributed by atoms with van der Waals surface area (Å²) in [6, 6.07) is 0. The van der Waals surface area contributed by atoms with Crippen LogP contribution in [0, 0.1) is 30.6 Å². The van der Waals surface area contributed by atoms with Gasteiger partial charge in [-0.2, -0.15) is 8.42 Å². The zero-order valence-electron chi connectivity index (χ0n) is 5.76. The van der Waals surface area contributed by atoms with Crippen molar-refractivity contribution >= 4 is 10.4 Å². The van der Waals surface area contributed by atoms with Crippen molar-refractivity contribution in [3.8, 4) is 0 Å². The third kappa shape index (κ3) is 706. The molecule has 1 radical (unpaired) electrons. The van der Waals surface area contributed by atoms with Crippen LogP contribution in [0.5, 0.6) is 0 Å². The van der Waals surface area contributed by atoms with Gasteiger partial charge in [-0.15, -0.1) is 0 Å². The van der Waals surface area contributed by atoms with E-state index in [2.05, 4.69) is 0 Å². The van der Waals surface area contributed by atoms with Crippen molar-refractivity contribution in [1.29, 1.82) is 0 Å². The second kappa shape index (κ2) is 11.8. The minimum absolute atomic E-state index is 0. The van der Waals surface area contributed by atoms with Crippen LogP contribution < -0.4 is 0 Å². The molecule has 0 spiro atoms. The minimum atomic E-state index is -4.67. The minimum Gasteiger partial charge on any atom is -0.356 e. The van der Waals surface area contributed by atoms with E-state index >= 15 is 0 Å². The molecular weight excluding hydrogens is 284 g/mol. The largest absolute Gasteiger partial charge is 0.394 e. The first kappa shape index (κ1) is 23.0. The number of hydrogen-bond donors (Lipinski definition) is 2. The monoisotopic (exact) mass is 285 g/mol. The van der Waals surface area contributed by atoms with Gasteiger partial charge in [-0.05, 0) is 0 Å². The van der Waals surface area contributed by atoms with E-state index in [1.54, 1.807) is 0 Å². The van der Waals surface area contributed by atoms with Crippen molar-refractivity contribution in [2.75, 3.05) is 0 Å². The molecule has 0 aromatic rings. The van der Waals surface area contributed by atoms with E-state index in [-0.39, 0.29) is 17.1 Å². The smallest absolute Gasteiger partial charge is 0.356 e. The summed E-state index contributed by atoms with van der Waals surface area (Å²) in [7, 11) is -4.67. The van der Waals surface area contributed by atoms with Gasteiger partial charge in [0, 0.05) is 17.1 Å². The standard InChI is InChI=1S/Cu.2NO3.H2O4S/c;2*2-1(3)4;1-5(2,3)4/h;;;(H2,1,2,3,4)/q;2*-1;. The summed E-state index contributed by atoms with van der Waals surface area (Å²) in [5.41, 5.74) is 0. The van der Waals surface area contributed by atoms with Crippen LogP contribution in [0.25, 0.3) is 0 Å². The molecule has 0 saturated carbocycles. The SMILES string of the molecule is O=S(=O)(O)O.O=[N+]([O-])[O-].O=[N+]([O-])[O-].[Cu]. The normalized spacial score (nSPS) is 7.57. The van der Waals surface area contributed by atoms with Crippen LogP contribution in [-0.2, 0) is 27.5 Å².